The first-order valence-electron chi connectivity index (χ1n) is 6.82. The highest BCUT2D eigenvalue weighted by molar-refractivity contribution is 6.34. The Labute approximate surface area is 132 Å². The molecule has 0 radical (unpaired) electrons. The van der Waals surface area contributed by atoms with Crippen LogP contribution in [0.5, 0.6) is 0 Å². The minimum atomic E-state index is -0.352. The number of aromatic nitrogens is 3. The number of nitrogens with zero attached hydrogens (tertiary/aromatic N) is 3. The maximum atomic E-state index is 12.1. The van der Waals surface area contributed by atoms with Gasteiger partial charge in [0.2, 0.25) is 5.91 Å². The Morgan fingerprint density at radius 2 is 2.14 bits per heavy atom. The fourth-order valence-electron chi connectivity index (χ4n) is 1.92. The molecule has 1 heterocycles. The lowest BCUT2D eigenvalue weighted by atomic mass is 10.2. The van der Waals surface area contributed by atoms with Gasteiger partial charge in [0.15, 0.2) is 0 Å². The number of halogens is 1. The van der Waals surface area contributed by atoms with Gasteiger partial charge in [-0.25, -0.2) is 9.48 Å². The fourth-order valence-corrected chi connectivity index (χ4v) is 2.15. The predicted molar refractivity (Wildman–Crippen MR) is 86.3 cm³/mol. The third kappa shape index (κ3) is 3.67. The smallest absolute Gasteiger partial charge is 0.345 e. The number of amides is 1. The van der Waals surface area contributed by atoms with Gasteiger partial charge in [-0.15, -0.1) is 0 Å². The van der Waals surface area contributed by atoms with E-state index in [1.165, 1.54) is 10.9 Å². The Morgan fingerprint density at radius 3 is 2.73 bits per heavy atom. The van der Waals surface area contributed by atoms with Crippen molar-refractivity contribution in [2.45, 2.75) is 26.4 Å². The first-order valence-corrected chi connectivity index (χ1v) is 7.19. The summed E-state index contributed by atoms with van der Waals surface area (Å²) < 4.78 is 2.40. The van der Waals surface area contributed by atoms with Gasteiger partial charge in [-0.1, -0.05) is 17.7 Å². The van der Waals surface area contributed by atoms with Crippen molar-refractivity contribution < 1.29 is 4.79 Å². The van der Waals surface area contributed by atoms with Crippen molar-refractivity contribution in [1.29, 1.82) is 0 Å². The maximum absolute atomic E-state index is 12.1. The van der Waals surface area contributed by atoms with Gasteiger partial charge in [0.1, 0.15) is 12.9 Å². The molecule has 8 heteroatoms. The van der Waals surface area contributed by atoms with Crippen LogP contribution in [0, 0.1) is 0 Å². The van der Waals surface area contributed by atoms with Crippen molar-refractivity contribution in [3.8, 4) is 0 Å². The van der Waals surface area contributed by atoms with Gasteiger partial charge in [-0.2, -0.15) is 5.10 Å². The molecule has 1 aromatic carbocycles. The van der Waals surface area contributed by atoms with Crippen molar-refractivity contribution in [3.05, 3.63) is 40.0 Å². The van der Waals surface area contributed by atoms with E-state index in [-0.39, 0.29) is 24.2 Å². The molecule has 0 atom stereocenters. The molecule has 0 aliphatic heterocycles. The van der Waals surface area contributed by atoms with Crippen LogP contribution in [0.15, 0.2) is 29.3 Å². The number of carbonyl (C=O) groups is 1. The Morgan fingerprint density at radius 1 is 1.41 bits per heavy atom. The second kappa shape index (κ2) is 6.65. The van der Waals surface area contributed by atoms with E-state index in [0.717, 1.165) is 4.68 Å². The van der Waals surface area contributed by atoms with E-state index in [1.54, 1.807) is 25.2 Å². The van der Waals surface area contributed by atoms with E-state index in [0.29, 0.717) is 16.4 Å². The summed E-state index contributed by atoms with van der Waals surface area (Å²) >= 11 is 6.16. The van der Waals surface area contributed by atoms with Crippen molar-refractivity contribution in [2.75, 3.05) is 10.6 Å². The third-order valence-corrected chi connectivity index (χ3v) is 3.22. The zero-order valence-electron chi connectivity index (χ0n) is 12.6. The van der Waals surface area contributed by atoms with Gasteiger partial charge < -0.3 is 10.6 Å². The number of hydrogen-bond acceptors (Lipinski definition) is 4. The summed E-state index contributed by atoms with van der Waals surface area (Å²) in [5.74, 6) is -0.352. The molecule has 0 aliphatic carbocycles. The van der Waals surface area contributed by atoms with Crippen LogP contribution >= 0.6 is 11.6 Å². The molecular weight excluding hydrogens is 306 g/mol. The number of rotatable bonds is 5. The van der Waals surface area contributed by atoms with Crippen molar-refractivity contribution >= 4 is 28.9 Å². The van der Waals surface area contributed by atoms with Crippen LogP contribution in [0.2, 0.25) is 5.02 Å². The third-order valence-electron chi connectivity index (χ3n) is 2.90. The maximum Gasteiger partial charge on any atom is 0.345 e. The molecule has 2 aromatic rings. The number of aryl methyl sites for hydroxylation is 1. The fraction of sp³-hybridized carbons (Fsp3) is 0.357. The van der Waals surface area contributed by atoms with E-state index in [2.05, 4.69) is 15.7 Å². The van der Waals surface area contributed by atoms with Crippen molar-refractivity contribution in [1.82, 2.24) is 14.3 Å². The highest BCUT2D eigenvalue weighted by Crippen LogP contribution is 2.30. The predicted octanol–water partition coefficient (Wildman–Crippen LogP) is 1.69. The lowest BCUT2D eigenvalue weighted by molar-refractivity contribution is -0.117. The van der Waals surface area contributed by atoms with Crippen molar-refractivity contribution in [2.24, 2.45) is 7.05 Å². The van der Waals surface area contributed by atoms with Gasteiger partial charge in [-0.3, -0.25) is 9.36 Å². The number of nitrogens with one attached hydrogen (secondary N) is 2. The van der Waals surface area contributed by atoms with Gasteiger partial charge >= 0.3 is 5.69 Å². The molecule has 0 bridgehead atoms. The van der Waals surface area contributed by atoms with E-state index in [9.17, 15) is 9.59 Å². The zero-order chi connectivity index (χ0) is 16.3. The second-order valence-electron chi connectivity index (χ2n) is 5.19. The Hall–Kier alpha value is -2.28. The molecule has 0 aliphatic rings. The van der Waals surface area contributed by atoms with Crippen LogP contribution in [0.3, 0.4) is 0 Å². The molecule has 0 unspecified atom stereocenters. The second-order valence-corrected chi connectivity index (χ2v) is 5.60. The van der Waals surface area contributed by atoms with Crippen LogP contribution in [-0.4, -0.2) is 26.3 Å². The summed E-state index contributed by atoms with van der Waals surface area (Å²) in [4.78, 5) is 23.8. The van der Waals surface area contributed by atoms with E-state index < -0.39 is 0 Å². The topological polar surface area (TPSA) is 80.9 Å². The largest absolute Gasteiger partial charge is 0.380 e. The molecule has 22 heavy (non-hydrogen) atoms. The molecule has 2 rings (SSSR count). The number of para-hydroxylation sites is 1. The minimum Gasteiger partial charge on any atom is -0.380 e. The average molecular weight is 324 g/mol. The lowest BCUT2D eigenvalue weighted by Crippen LogP contribution is -2.29. The first kappa shape index (κ1) is 16.1. The molecule has 0 spiro atoms. The summed E-state index contributed by atoms with van der Waals surface area (Å²) in [5.41, 5.74) is 0.873. The molecule has 0 fully saturated rings. The van der Waals surface area contributed by atoms with Crippen LogP contribution in [-0.2, 0) is 18.4 Å². The zero-order valence-corrected chi connectivity index (χ0v) is 13.4. The number of carbonyl (C=O) groups excluding carboxylic acids is 1. The molecule has 118 valence electrons. The number of hydrogen-bond donors (Lipinski definition) is 2. The van der Waals surface area contributed by atoms with E-state index in [1.807, 2.05) is 13.8 Å². The highest BCUT2D eigenvalue weighted by Gasteiger charge is 2.13. The lowest BCUT2D eigenvalue weighted by Gasteiger charge is -2.16. The summed E-state index contributed by atoms with van der Waals surface area (Å²) in [6.07, 6.45) is 1.36. The van der Waals surface area contributed by atoms with Gasteiger partial charge in [0.25, 0.3) is 0 Å². The molecule has 1 aromatic heterocycles. The Kier molecular flexibility index (Phi) is 4.87. The normalized spacial score (nSPS) is 10.8. The molecule has 2 N–H and O–H groups in total. The van der Waals surface area contributed by atoms with Crippen molar-refractivity contribution in [3.63, 3.8) is 0 Å². The van der Waals surface area contributed by atoms with E-state index >= 15 is 0 Å². The summed E-state index contributed by atoms with van der Waals surface area (Å²) in [6, 6.07) is 5.39. The SMILES string of the molecule is CC(C)Nc1c(Cl)cccc1NC(=O)Cn1ncn(C)c1=O. The molecular formula is C14H18ClN5O2. The highest BCUT2D eigenvalue weighted by atomic mass is 35.5. The molecule has 0 saturated heterocycles. The quantitative estimate of drug-likeness (QED) is 0.877. The van der Waals surface area contributed by atoms with Crippen LogP contribution in [0.25, 0.3) is 0 Å². The summed E-state index contributed by atoms with van der Waals surface area (Å²) in [5, 5.41) is 10.3. The van der Waals surface area contributed by atoms with Crippen LogP contribution < -0.4 is 16.3 Å². The van der Waals surface area contributed by atoms with Gasteiger partial charge in [-0.05, 0) is 26.0 Å². The van der Waals surface area contributed by atoms with Crippen LogP contribution in [0.1, 0.15) is 13.8 Å². The molecule has 0 saturated carbocycles. The molecule has 7 nitrogen and oxygen atoms in total. The number of anilines is 2. The first-order chi connectivity index (χ1) is 10.4. The van der Waals surface area contributed by atoms with E-state index in [4.69, 9.17) is 11.6 Å². The molecule has 1 amide bonds. The monoisotopic (exact) mass is 323 g/mol. The standard InChI is InChI=1S/C14H18ClN5O2/c1-9(2)17-13-10(15)5-4-6-11(13)18-12(21)7-20-14(22)19(3)8-16-20/h4-6,8-9,17H,7H2,1-3H3,(H,18,21). The Balaban J connectivity index is 2.16. The Bertz CT molecular complexity index is 735. The van der Waals surface area contributed by atoms with Crippen LogP contribution in [0.4, 0.5) is 11.4 Å². The average Bonchev–Trinajstić information content (AvgIpc) is 2.74. The summed E-state index contributed by atoms with van der Waals surface area (Å²) in [6.45, 7) is 3.79. The number of benzene rings is 1. The minimum absolute atomic E-state index is 0.159. The van der Waals surface area contributed by atoms with Gasteiger partial charge in [0, 0.05) is 13.1 Å². The summed E-state index contributed by atoms with van der Waals surface area (Å²) in [7, 11) is 1.57. The van der Waals surface area contributed by atoms with Gasteiger partial charge in [0.05, 0.1) is 16.4 Å².